The van der Waals surface area contributed by atoms with Crippen molar-refractivity contribution in [3.8, 4) is 5.75 Å². The minimum atomic E-state index is -1.18. The fraction of sp³-hybridized carbons (Fsp3) is 0.0667. The van der Waals surface area contributed by atoms with Crippen LogP contribution in [0, 0.1) is 0 Å². The number of benzene rings is 2. The van der Waals surface area contributed by atoms with Crippen molar-refractivity contribution in [3.63, 3.8) is 0 Å². The van der Waals surface area contributed by atoms with Gasteiger partial charge in [0.2, 0.25) is 0 Å². The number of nitrogen functional groups attached to an aromatic ring is 1. The van der Waals surface area contributed by atoms with E-state index in [0.717, 1.165) is 4.90 Å². The Kier molecular flexibility index (Phi) is 4.08. The molecule has 0 saturated carbocycles. The average molecular weight is 286 g/mol. The summed E-state index contributed by atoms with van der Waals surface area (Å²) in [7, 11) is 0. The van der Waals surface area contributed by atoms with E-state index in [1.807, 2.05) is 0 Å². The Hall–Kier alpha value is -3.02. The highest BCUT2D eigenvalue weighted by molar-refractivity contribution is 6.11. The number of hydrogen-bond donors (Lipinski definition) is 3. The first-order valence-electron chi connectivity index (χ1n) is 6.17. The standard InChI is InChI=1S/C15H14N2O4/c16-11-6-2-3-7-12(11)17(9-14(19)20)15(21)10-5-1-4-8-13(10)18/h1-8,18H,9,16H2,(H,19,20). The van der Waals surface area contributed by atoms with E-state index in [9.17, 15) is 14.7 Å². The van der Waals surface area contributed by atoms with Gasteiger partial charge in [-0.05, 0) is 24.3 Å². The molecule has 2 aromatic rings. The van der Waals surface area contributed by atoms with Crippen LogP contribution in [0.5, 0.6) is 5.75 Å². The second kappa shape index (κ2) is 5.96. The second-order valence-electron chi connectivity index (χ2n) is 4.36. The smallest absolute Gasteiger partial charge is 0.323 e. The van der Waals surface area contributed by atoms with Crippen molar-refractivity contribution in [1.29, 1.82) is 0 Å². The molecule has 0 aliphatic rings. The zero-order chi connectivity index (χ0) is 15.4. The maximum atomic E-state index is 12.5. The van der Waals surface area contributed by atoms with E-state index in [1.165, 1.54) is 12.1 Å². The number of carbonyl (C=O) groups is 2. The second-order valence-corrected chi connectivity index (χ2v) is 4.36. The molecular weight excluding hydrogens is 272 g/mol. The van der Waals surface area contributed by atoms with Crippen molar-refractivity contribution in [1.82, 2.24) is 0 Å². The topological polar surface area (TPSA) is 104 Å². The summed E-state index contributed by atoms with van der Waals surface area (Å²) in [6.07, 6.45) is 0. The molecule has 2 rings (SSSR count). The van der Waals surface area contributed by atoms with Gasteiger partial charge in [-0.25, -0.2) is 0 Å². The van der Waals surface area contributed by atoms with Crippen molar-refractivity contribution >= 4 is 23.3 Å². The normalized spacial score (nSPS) is 10.1. The van der Waals surface area contributed by atoms with E-state index < -0.39 is 18.4 Å². The average Bonchev–Trinajstić information content (AvgIpc) is 2.45. The highest BCUT2D eigenvalue weighted by Crippen LogP contribution is 2.26. The van der Waals surface area contributed by atoms with Gasteiger partial charge in [0.1, 0.15) is 12.3 Å². The third-order valence-corrected chi connectivity index (χ3v) is 2.90. The summed E-state index contributed by atoms with van der Waals surface area (Å²) in [6.45, 7) is -0.554. The van der Waals surface area contributed by atoms with Crippen molar-refractivity contribution in [2.24, 2.45) is 0 Å². The minimum absolute atomic E-state index is 0.0157. The number of anilines is 2. The van der Waals surface area contributed by atoms with E-state index in [4.69, 9.17) is 10.8 Å². The molecule has 0 unspecified atom stereocenters. The number of carbonyl (C=O) groups excluding carboxylic acids is 1. The maximum Gasteiger partial charge on any atom is 0.323 e. The minimum Gasteiger partial charge on any atom is -0.507 e. The molecule has 0 fully saturated rings. The summed E-state index contributed by atoms with van der Waals surface area (Å²) < 4.78 is 0. The lowest BCUT2D eigenvalue weighted by Gasteiger charge is -2.22. The van der Waals surface area contributed by atoms with Crippen LogP contribution in [0.2, 0.25) is 0 Å². The number of para-hydroxylation sites is 3. The Labute approximate surface area is 121 Å². The largest absolute Gasteiger partial charge is 0.507 e. The molecule has 6 nitrogen and oxygen atoms in total. The number of nitrogens with two attached hydrogens (primary N) is 1. The predicted molar refractivity (Wildman–Crippen MR) is 78.3 cm³/mol. The first-order valence-corrected chi connectivity index (χ1v) is 6.17. The van der Waals surface area contributed by atoms with Gasteiger partial charge in [0, 0.05) is 0 Å². The van der Waals surface area contributed by atoms with Crippen LogP contribution in [0.15, 0.2) is 48.5 Å². The Morgan fingerprint density at radius 2 is 1.67 bits per heavy atom. The number of phenolic OH excluding ortho intramolecular Hbond substituents is 1. The number of hydrogen-bond acceptors (Lipinski definition) is 4. The van der Waals surface area contributed by atoms with Crippen LogP contribution in [0.25, 0.3) is 0 Å². The summed E-state index contributed by atoms with van der Waals surface area (Å²) in [5, 5.41) is 18.8. The van der Waals surface area contributed by atoms with Gasteiger partial charge < -0.3 is 15.9 Å². The number of phenols is 1. The zero-order valence-corrected chi connectivity index (χ0v) is 11.1. The summed E-state index contributed by atoms with van der Waals surface area (Å²) in [5.74, 6) is -2.03. The summed E-state index contributed by atoms with van der Waals surface area (Å²) >= 11 is 0. The highest BCUT2D eigenvalue weighted by atomic mass is 16.4. The third-order valence-electron chi connectivity index (χ3n) is 2.90. The van der Waals surface area contributed by atoms with E-state index in [2.05, 4.69) is 0 Å². The number of carboxylic acids is 1. The molecule has 0 heterocycles. The number of aliphatic carboxylic acids is 1. The van der Waals surface area contributed by atoms with E-state index in [1.54, 1.807) is 36.4 Å². The lowest BCUT2D eigenvalue weighted by Crippen LogP contribution is -2.36. The van der Waals surface area contributed by atoms with Crippen LogP contribution < -0.4 is 10.6 Å². The van der Waals surface area contributed by atoms with Crippen LogP contribution in [0.4, 0.5) is 11.4 Å². The number of carboxylic acid groups (broad SMARTS) is 1. The fourth-order valence-electron chi connectivity index (χ4n) is 1.93. The number of aromatic hydroxyl groups is 1. The van der Waals surface area contributed by atoms with E-state index >= 15 is 0 Å². The summed E-state index contributed by atoms with van der Waals surface area (Å²) in [5.41, 5.74) is 6.38. The van der Waals surface area contributed by atoms with Crippen LogP contribution in [0.1, 0.15) is 10.4 Å². The highest BCUT2D eigenvalue weighted by Gasteiger charge is 2.23. The quantitative estimate of drug-likeness (QED) is 0.742. The molecule has 4 N–H and O–H groups in total. The Morgan fingerprint density at radius 1 is 1.05 bits per heavy atom. The molecular formula is C15H14N2O4. The van der Waals surface area contributed by atoms with Gasteiger partial charge >= 0.3 is 5.97 Å². The molecule has 0 bridgehead atoms. The van der Waals surface area contributed by atoms with E-state index in [-0.39, 0.29) is 22.7 Å². The Bertz CT molecular complexity index is 685. The van der Waals surface area contributed by atoms with Crippen LogP contribution in [0.3, 0.4) is 0 Å². The van der Waals surface area contributed by atoms with Gasteiger partial charge in [-0.15, -0.1) is 0 Å². The molecule has 1 amide bonds. The molecule has 6 heteroatoms. The Morgan fingerprint density at radius 3 is 2.29 bits per heavy atom. The van der Waals surface area contributed by atoms with Gasteiger partial charge in [-0.1, -0.05) is 24.3 Å². The van der Waals surface area contributed by atoms with Gasteiger partial charge in [0.25, 0.3) is 5.91 Å². The fourth-order valence-corrected chi connectivity index (χ4v) is 1.93. The van der Waals surface area contributed by atoms with E-state index in [0.29, 0.717) is 0 Å². The molecule has 0 atom stereocenters. The molecule has 0 saturated heterocycles. The first kappa shape index (κ1) is 14.4. The van der Waals surface area contributed by atoms with Crippen molar-refractivity contribution in [2.45, 2.75) is 0 Å². The molecule has 0 radical (unpaired) electrons. The first-order chi connectivity index (χ1) is 10.0. The Balaban J connectivity index is 2.46. The van der Waals surface area contributed by atoms with Crippen LogP contribution >= 0.6 is 0 Å². The molecule has 0 aromatic heterocycles. The predicted octanol–water partition coefficient (Wildman–Crippen LogP) is 1.71. The molecule has 21 heavy (non-hydrogen) atoms. The monoisotopic (exact) mass is 286 g/mol. The van der Waals surface area contributed by atoms with Crippen molar-refractivity contribution < 1.29 is 19.8 Å². The van der Waals surface area contributed by atoms with Crippen molar-refractivity contribution in [2.75, 3.05) is 17.2 Å². The molecule has 0 aliphatic carbocycles. The number of rotatable bonds is 4. The van der Waals surface area contributed by atoms with Gasteiger partial charge in [-0.2, -0.15) is 0 Å². The molecule has 0 aliphatic heterocycles. The molecule has 108 valence electrons. The SMILES string of the molecule is Nc1ccccc1N(CC(=O)O)C(=O)c1ccccc1O. The van der Waals surface area contributed by atoms with Crippen molar-refractivity contribution in [3.05, 3.63) is 54.1 Å². The lowest BCUT2D eigenvalue weighted by molar-refractivity contribution is -0.135. The van der Waals surface area contributed by atoms with Gasteiger partial charge in [0.15, 0.2) is 0 Å². The van der Waals surface area contributed by atoms with Gasteiger partial charge in [0.05, 0.1) is 16.9 Å². The summed E-state index contributed by atoms with van der Waals surface area (Å²) in [4.78, 5) is 24.5. The maximum absolute atomic E-state index is 12.5. The van der Waals surface area contributed by atoms with Crippen LogP contribution in [-0.2, 0) is 4.79 Å². The molecule has 2 aromatic carbocycles. The number of nitrogens with zero attached hydrogens (tertiary/aromatic N) is 1. The zero-order valence-electron chi connectivity index (χ0n) is 11.1. The van der Waals surface area contributed by atoms with Crippen LogP contribution in [-0.4, -0.2) is 28.6 Å². The number of amides is 1. The third kappa shape index (κ3) is 3.11. The summed E-state index contributed by atoms with van der Waals surface area (Å²) in [6, 6.07) is 12.4. The lowest BCUT2D eigenvalue weighted by atomic mass is 10.1. The molecule has 0 spiro atoms. The van der Waals surface area contributed by atoms with Gasteiger partial charge in [-0.3, -0.25) is 14.5 Å².